The van der Waals surface area contributed by atoms with Crippen molar-refractivity contribution in [2.24, 2.45) is 0 Å². The molecule has 0 spiro atoms. The van der Waals surface area contributed by atoms with Crippen LogP contribution < -0.4 is 99.0 Å². The van der Waals surface area contributed by atoms with Crippen molar-refractivity contribution in [3.05, 3.63) is 0 Å². The van der Waals surface area contributed by atoms with Crippen LogP contribution in [0.3, 0.4) is 0 Å². The predicted octanol–water partition coefficient (Wildman–Crippen LogP) is -11.3. The smallest absolute Gasteiger partial charge is 0.748 e. The Morgan fingerprint density at radius 2 is 1.74 bits per heavy atom. The Hall–Kier alpha value is 2.61. The molecule has 1 atom stereocenters. The molecule has 13 heteroatoms. The van der Waals surface area contributed by atoms with Crippen LogP contribution in [0, 0.1) is 0 Å². The summed E-state index contributed by atoms with van der Waals surface area (Å²) in [7, 11) is -4.58. The minimum Gasteiger partial charge on any atom is -0.748 e. The van der Waals surface area contributed by atoms with Gasteiger partial charge >= 0.3 is 88.7 Å². The summed E-state index contributed by atoms with van der Waals surface area (Å²) in [5, 5.41) is 21.1. The van der Waals surface area contributed by atoms with Gasteiger partial charge in [-0.05, 0) is 19.3 Å². The van der Waals surface area contributed by atoms with Gasteiger partial charge in [-0.1, -0.05) is 0 Å². The molecular weight excluding hydrogens is 333 g/mol. The normalized spacial score (nSPS) is 11.5. The van der Waals surface area contributed by atoms with Gasteiger partial charge in [-0.25, -0.2) is 8.42 Å². The third-order valence-electron chi connectivity index (χ3n) is 1.68. The monoisotopic (exact) mass is 342 g/mol. The van der Waals surface area contributed by atoms with Gasteiger partial charge < -0.3 is 19.7 Å². The number of carbonyl (C=O) groups is 1. The van der Waals surface area contributed by atoms with Crippen molar-refractivity contribution in [3.8, 4) is 0 Å². The molecule has 0 heterocycles. The second kappa shape index (κ2) is 17.0. The molecule has 0 fully saturated rings. The average Bonchev–Trinajstić information content (AvgIpc) is 2.14. The fraction of sp³-hybridized carbons (Fsp3) is 0.833. The number of aliphatic carboxylic acids is 1. The van der Waals surface area contributed by atoms with Gasteiger partial charge in [-0.3, -0.25) is 5.04 Å². The molecule has 0 radical (unpaired) electrons. The van der Waals surface area contributed by atoms with Gasteiger partial charge in [0.2, 0.25) is 0 Å². The van der Waals surface area contributed by atoms with Gasteiger partial charge in [-0.2, -0.15) is 4.33 Å². The molecule has 0 rings (SSSR count). The van der Waals surface area contributed by atoms with E-state index >= 15 is 0 Å². The number of carboxylic acid groups (broad SMARTS) is 1. The average molecular weight is 342 g/mol. The fourth-order valence-electron chi connectivity index (χ4n) is 0.945. The van der Waals surface area contributed by atoms with Crippen molar-refractivity contribution in [3.63, 3.8) is 0 Å². The molecule has 0 aliphatic heterocycles. The predicted molar refractivity (Wildman–Crippen MR) is 47.0 cm³/mol. The van der Waals surface area contributed by atoms with Crippen molar-refractivity contribution in [1.29, 1.82) is 0 Å². The maximum Gasteiger partial charge on any atom is 1.00 e. The number of carbonyl (C=O) groups excluding carboxylic acids is 1. The van der Waals surface area contributed by atoms with Crippen LogP contribution in [0.15, 0.2) is 0 Å². The first kappa shape index (κ1) is 29.6. The molecule has 0 aromatic heterocycles. The van der Waals surface area contributed by atoms with E-state index in [-0.39, 0.29) is 107 Å². The van der Waals surface area contributed by atoms with Crippen LogP contribution in [-0.2, 0) is 24.3 Å². The van der Waals surface area contributed by atoms with E-state index in [2.05, 4.69) is 9.37 Å². The van der Waals surface area contributed by atoms with E-state index in [4.69, 9.17) is 0 Å². The molecular formula is C6H9Na3O8S2. The van der Waals surface area contributed by atoms with Gasteiger partial charge in [0.1, 0.15) is 0 Å². The van der Waals surface area contributed by atoms with Gasteiger partial charge in [0.15, 0.2) is 0 Å². The first-order chi connectivity index (χ1) is 7.38. The Morgan fingerprint density at radius 3 is 2.11 bits per heavy atom. The molecule has 1 unspecified atom stereocenters. The Labute approximate surface area is 182 Å². The SMILES string of the molecule is O=C([O-])CCC(CCSOO[O-])S(=O)(=O)[O-].[Na+].[Na+].[Na+]. The summed E-state index contributed by atoms with van der Waals surface area (Å²) in [4.78, 5) is 10.1. The van der Waals surface area contributed by atoms with Crippen molar-refractivity contribution in [2.75, 3.05) is 5.75 Å². The van der Waals surface area contributed by atoms with Crippen molar-refractivity contribution < 1.29 is 126 Å². The first-order valence-corrected chi connectivity index (χ1v) is 6.48. The van der Waals surface area contributed by atoms with E-state index < -0.39 is 27.8 Å². The van der Waals surface area contributed by atoms with E-state index in [1.54, 1.807) is 0 Å². The first-order valence-electron chi connectivity index (χ1n) is 4.10. The number of hydrogen-bond donors (Lipinski definition) is 0. The van der Waals surface area contributed by atoms with Crippen LogP contribution >= 0.6 is 12.0 Å². The zero-order valence-electron chi connectivity index (χ0n) is 11.0. The maximum atomic E-state index is 10.7. The third-order valence-corrected chi connectivity index (χ3v) is 3.52. The zero-order chi connectivity index (χ0) is 12.6. The van der Waals surface area contributed by atoms with E-state index in [1.807, 2.05) is 0 Å². The number of rotatable bonds is 9. The summed E-state index contributed by atoms with van der Waals surface area (Å²) in [6, 6.07) is 0. The molecule has 0 aliphatic carbocycles. The molecule has 0 aromatic rings. The van der Waals surface area contributed by atoms with Crippen LogP contribution in [-0.4, -0.2) is 29.9 Å². The van der Waals surface area contributed by atoms with Gasteiger partial charge in [-0.15, -0.1) is 0 Å². The van der Waals surface area contributed by atoms with Crippen LogP contribution in [0.5, 0.6) is 0 Å². The summed E-state index contributed by atoms with van der Waals surface area (Å²) in [5.74, 6) is -1.41. The fourth-order valence-corrected chi connectivity index (χ4v) is 2.40. The maximum absolute atomic E-state index is 10.7. The number of carboxylic acids is 1. The summed E-state index contributed by atoms with van der Waals surface area (Å²) in [6.45, 7) is 0. The molecule has 0 saturated carbocycles. The second-order valence-corrected chi connectivity index (χ2v) is 5.20. The molecule has 96 valence electrons. The van der Waals surface area contributed by atoms with E-state index in [9.17, 15) is 28.1 Å². The molecule has 0 aromatic carbocycles. The Bertz CT molecular complexity index is 312. The minimum absolute atomic E-state index is 0. The van der Waals surface area contributed by atoms with E-state index in [0.717, 1.165) is 0 Å². The quantitative estimate of drug-likeness (QED) is 0.0997. The molecule has 0 amide bonds. The van der Waals surface area contributed by atoms with Crippen LogP contribution in [0.1, 0.15) is 19.3 Å². The van der Waals surface area contributed by atoms with Gasteiger partial charge in [0.25, 0.3) is 0 Å². The van der Waals surface area contributed by atoms with Gasteiger partial charge in [0.05, 0.1) is 15.4 Å². The molecule has 19 heavy (non-hydrogen) atoms. The third kappa shape index (κ3) is 18.6. The van der Waals surface area contributed by atoms with E-state index in [1.165, 1.54) is 0 Å². The van der Waals surface area contributed by atoms with Crippen molar-refractivity contribution in [1.82, 2.24) is 0 Å². The van der Waals surface area contributed by atoms with E-state index in [0.29, 0.717) is 12.0 Å². The molecule has 0 bridgehead atoms. The Kier molecular flexibility index (Phi) is 26.4. The Morgan fingerprint density at radius 1 is 1.21 bits per heavy atom. The number of hydrogen-bond acceptors (Lipinski definition) is 9. The standard InChI is InChI=1S/C6H12O8S2.3Na/c7-6(8)2-1-5(16(10,11)12)3-4-15-14-13-9;;;/h5,9H,1-4H2,(H,7,8)(H,10,11,12);;;/q;3*+1/p-3. The van der Waals surface area contributed by atoms with Gasteiger partial charge in [0, 0.05) is 23.8 Å². The Balaban J connectivity index is -0.000000375. The summed E-state index contributed by atoms with van der Waals surface area (Å²) < 4.78 is 35.9. The second-order valence-electron chi connectivity index (χ2n) is 2.77. The topological polar surface area (TPSA) is 139 Å². The van der Waals surface area contributed by atoms with Crippen molar-refractivity contribution in [2.45, 2.75) is 24.5 Å². The zero-order valence-corrected chi connectivity index (χ0v) is 18.6. The largest absolute Gasteiger partial charge is 1.00 e. The molecule has 0 aliphatic rings. The van der Waals surface area contributed by atoms with Crippen LogP contribution in [0.4, 0.5) is 0 Å². The van der Waals surface area contributed by atoms with Crippen molar-refractivity contribution >= 4 is 28.1 Å². The molecule has 0 N–H and O–H groups in total. The minimum atomic E-state index is -4.58. The molecule has 0 saturated heterocycles. The summed E-state index contributed by atoms with van der Waals surface area (Å²) in [6.07, 6.45) is -0.976. The van der Waals surface area contributed by atoms with Crippen LogP contribution in [0.2, 0.25) is 0 Å². The molecule has 8 nitrogen and oxygen atoms in total. The summed E-state index contributed by atoms with van der Waals surface area (Å²) in [5.41, 5.74) is 0. The summed E-state index contributed by atoms with van der Waals surface area (Å²) >= 11 is 0.531. The van der Waals surface area contributed by atoms with Crippen LogP contribution in [0.25, 0.3) is 0 Å².